The Morgan fingerprint density at radius 2 is 2.18 bits per heavy atom. The SMILES string of the molecule is Nc1ccc(S(=O)(=O)NCc2cn[nH]c2)cn1. The van der Waals surface area contributed by atoms with Crippen LogP contribution in [0.1, 0.15) is 5.56 Å². The van der Waals surface area contributed by atoms with E-state index in [0.717, 1.165) is 5.56 Å². The quantitative estimate of drug-likeness (QED) is 0.702. The molecular formula is C9H11N5O2S. The molecule has 90 valence electrons. The summed E-state index contributed by atoms with van der Waals surface area (Å²) in [7, 11) is -3.56. The Labute approximate surface area is 98.1 Å². The monoisotopic (exact) mass is 253 g/mol. The van der Waals surface area contributed by atoms with Crippen molar-refractivity contribution in [2.45, 2.75) is 11.4 Å². The molecule has 0 spiro atoms. The Kier molecular flexibility index (Phi) is 3.07. The van der Waals surface area contributed by atoms with Crippen LogP contribution >= 0.6 is 0 Å². The molecule has 0 radical (unpaired) electrons. The zero-order valence-corrected chi connectivity index (χ0v) is 9.61. The van der Waals surface area contributed by atoms with Crippen LogP contribution in [0.3, 0.4) is 0 Å². The molecule has 7 nitrogen and oxygen atoms in total. The van der Waals surface area contributed by atoms with Crippen LogP contribution in [0.5, 0.6) is 0 Å². The largest absolute Gasteiger partial charge is 0.384 e. The van der Waals surface area contributed by atoms with E-state index in [2.05, 4.69) is 19.9 Å². The van der Waals surface area contributed by atoms with Gasteiger partial charge in [0.25, 0.3) is 0 Å². The van der Waals surface area contributed by atoms with Crippen LogP contribution in [-0.2, 0) is 16.6 Å². The molecule has 8 heteroatoms. The number of pyridine rings is 1. The minimum atomic E-state index is -3.56. The van der Waals surface area contributed by atoms with Gasteiger partial charge in [0.15, 0.2) is 0 Å². The molecule has 0 aliphatic carbocycles. The summed E-state index contributed by atoms with van der Waals surface area (Å²) < 4.78 is 26.1. The Bertz CT molecular complexity index is 576. The van der Waals surface area contributed by atoms with E-state index in [0.29, 0.717) is 0 Å². The van der Waals surface area contributed by atoms with Crippen LogP contribution in [0.4, 0.5) is 5.82 Å². The molecule has 17 heavy (non-hydrogen) atoms. The van der Waals surface area contributed by atoms with Crippen LogP contribution in [0.2, 0.25) is 0 Å². The van der Waals surface area contributed by atoms with E-state index in [4.69, 9.17) is 5.73 Å². The fourth-order valence-electron chi connectivity index (χ4n) is 1.19. The lowest BCUT2D eigenvalue weighted by molar-refractivity contribution is 0.581. The van der Waals surface area contributed by atoms with Crippen molar-refractivity contribution in [2.75, 3.05) is 5.73 Å². The predicted octanol–water partition coefficient (Wildman–Crippen LogP) is -0.135. The number of hydrogen-bond donors (Lipinski definition) is 3. The van der Waals surface area contributed by atoms with Gasteiger partial charge >= 0.3 is 0 Å². The third-order valence-electron chi connectivity index (χ3n) is 2.09. The van der Waals surface area contributed by atoms with Gasteiger partial charge in [-0.05, 0) is 12.1 Å². The fraction of sp³-hybridized carbons (Fsp3) is 0.111. The van der Waals surface area contributed by atoms with Gasteiger partial charge < -0.3 is 5.73 Å². The van der Waals surface area contributed by atoms with Crippen molar-refractivity contribution in [3.63, 3.8) is 0 Å². The number of sulfonamides is 1. The summed E-state index contributed by atoms with van der Waals surface area (Å²) in [5, 5.41) is 6.32. The number of aromatic amines is 1. The van der Waals surface area contributed by atoms with Crippen molar-refractivity contribution in [3.8, 4) is 0 Å². The van der Waals surface area contributed by atoms with Crippen LogP contribution in [0.15, 0.2) is 35.6 Å². The summed E-state index contributed by atoms with van der Waals surface area (Å²) in [5.41, 5.74) is 6.13. The molecule has 0 fully saturated rings. The first-order chi connectivity index (χ1) is 8.08. The zero-order valence-electron chi connectivity index (χ0n) is 8.79. The second-order valence-corrected chi connectivity index (χ2v) is 5.12. The average molecular weight is 253 g/mol. The van der Waals surface area contributed by atoms with E-state index in [1.54, 1.807) is 12.4 Å². The number of anilines is 1. The molecule has 0 unspecified atom stereocenters. The molecule has 0 aliphatic rings. The standard InChI is InChI=1S/C9H11N5O2S/c10-9-2-1-8(6-11-9)17(15,16)14-5-7-3-12-13-4-7/h1-4,6,14H,5H2,(H2,10,11)(H,12,13). The third-order valence-corrected chi connectivity index (χ3v) is 3.48. The molecule has 2 heterocycles. The minimum Gasteiger partial charge on any atom is -0.384 e. The smallest absolute Gasteiger partial charge is 0.242 e. The Morgan fingerprint density at radius 3 is 2.76 bits per heavy atom. The summed E-state index contributed by atoms with van der Waals surface area (Å²) in [6.07, 6.45) is 4.38. The maximum absolute atomic E-state index is 11.8. The first-order valence-corrected chi connectivity index (χ1v) is 6.25. The maximum Gasteiger partial charge on any atom is 0.242 e. The topological polar surface area (TPSA) is 114 Å². The van der Waals surface area contributed by atoms with Crippen LogP contribution < -0.4 is 10.5 Å². The number of nitrogen functional groups attached to an aromatic ring is 1. The second kappa shape index (κ2) is 4.52. The van der Waals surface area contributed by atoms with Crippen molar-refractivity contribution < 1.29 is 8.42 Å². The minimum absolute atomic E-state index is 0.0789. The molecule has 0 atom stereocenters. The van der Waals surface area contributed by atoms with E-state index < -0.39 is 10.0 Å². The number of rotatable bonds is 4. The number of nitrogens with one attached hydrogen (secondary N) is 2. The molecule has 0 saturated heterocycles. The van der Waals surface area contributed by atoms with Crippen LogP contribution in [-0.4, -0.2) is 23.6 Å². The Morgan fingerprint density at radius 1 is 1.35 bits per heavy atom. The Hall–Kier alpha value is -1.93. The molecular weight excluding hydrogens is 242 g/mol. The molecule has 2 aromatic rings. The number of H-pyrrole nitrogens is 1. The molecule has 2 rings (SSSR count). The maximum atomic E-state index is 11.8. The van der Waals surface area contributed by atoms with E-state index in [9.17, 15) is 8.42 Å². The third kappa shape index (κ3) is 2.80. The van der Waals surface area contributed by atoms with Crippen molar-refractivity contribution >= 4 is 15.8 Å². The lowest BCUT2D eigenvalue weighted by Gasteiger charge is -2.05. The molecule has 0 saturated carbocycles. The first kappa shape index (κ1) is 11.6. The first-order valence-electron chi connectivity index (χ1n) is 4.77. The van der Waals surface area contributed by atoms with Crippen molar-refractivity contribution in [1.82, 2.24) is 19.9 Å². The molecule has 2 aromatic heterocycles. The summed E-state index contributed by atoms with van der Waals surface area (Å²) in [6, 6.07) is 2.84. The molecule has 0 aliphatic heterocycles. The van der Waals surface area contributed by atoms with Gasteiger partial charge in [0.1, 0.15) is 10.7 Å². The van der Waals surface area contributed by atoms with Gasteiger partial charge in [0.2, 0.25) is 10.0 Å². The molecule has 0 aromatic carbocycles. The molecule has 0 amide bonds. The highest BCUT2D eigenvalue weighted by molar-refractivity contribution is 7.89. The number of nitrogens with two attached hydrogens (primary N) is 1. The van der Waals surface area contributed by atoms with E-state index in [-0.39, 0.29) is 17.3 Å². The van der Waals surface area contributed by atoms with Gasteiger partial charge in [-0.2, -0.15) is 5.10 Å². The highest BCUT2D eigenvalue weighted by Crippen LogP contribution is 2.09. The van der Waals surface area contributed by atoms with Gasteiger partial charge in [-0.3, -0.25) is 5.10 Å². The highest BCUT2D eigenvalue weighted by Gasteiger charge is 2.13. The van der Waals surface area contributed by atoms with Crippen LogP contribution in [0.25, 0.3) is 0 Å². The average Bonchev–Trinajstić information content (AvgIpc) is 2.80. The summed E-state index contributed by atoms with van der Waals surface area (Å²) in [6.45, 7) is 0.170. The van der Waals surface area contributed by atoms with Gasteiger partial charge in [-0.1, -0.05) is 0 Å². The van der Waals surface area contributed by atoms with Crippen molar-refractivity contribution in [3.05, 3.63) is 36.3 Å². The molecule has 4 N–H and O–H groups in total. The molecule has 0 bridgehead atoms. The fourth-order valence-corrected chi connectivity index (χ4v) is 2.15. The number of aromatic nitrogens is 3. The van der Waals surface area contributed by atoms with Gasteiger partial charge in [0, 0.05) is 24.5 Å². The van der Waals surface area contributed by atoms with E-state index >= 15 is 0 Å². The zero-order chi connectivity index (χ0) is 12.3. The van der Waals surface area contributed by atoms with Crippen LogP contribution in [0, 0.1) is 0 Å². The highest BCUT2D eigenvalue weighted by atomic mass is 32.2. The summed E-state index contributed by atoms with van der Waals surface area (Å²) in [4.78, 5) is 3.81. The number of hydrogen-bond acceptors (Lipinski definition) is 5. The van der Waals surface area contributed by atoms with Crippen molar-refractivity contribution in [1.29, 1.82) is 0 Å². The van der Waals surface area contributed by atoms with E-state index in [1.807, 2.05) is 0 Å². The Balaban J connectivity index is 2.11. The van der Waals surface area contributed by atoms with Gasteiger partial charge in [-0.15, -0.1) is 0 Å². The van der Waals surface area contributed by atoms with E-state index in [1.165, 1.54) is 18.3 Å². The summed E-state index contributed by atoms with van der Waals surface area (Å²) >= 11 is 0. The van der Waals surface area contributed by atoms with Gasteiger partial charge in [0.05, 0.1) is 6.20 Å². The van der Waals surface area contributed by atoms with Crippen molar-refractivity contribution in [2.24, 2.45) is 0 Å². The lowest BCUT2D eigenvalue weighted by Crippen LogP contribution is -2.23. The lowest BCUT2D eigenvalue weighted by atomic mass is 10.4. The predicted molar refractivity (Wildman–Crippen MR) is 61.3 cm³/mol. The number of nitrogens with zero attached hydrogens (tertiary/aromatic N) is 2. The van der Waals surface area contributed by atoms with Gasteiger partial charge in [-0.25, -0.2) is 18.1 Å². The second-order valence-electron chi connectivity index (χ2n) is 3.35. The normalized spacial score (nSPS) is 11.5. The summed E-state index contributed by atoms with van der Waals surface area (Å²) in [5.74, 6) is 0.277.